The second-order valence-corrected chi connectivity index (χ2v) is 7.75. The fraction of sp³-hybridized carbons (Fsp3) is 0.957. The van der Waals surface area contributed by atoms with Gasteiger partial charge in [-0.3, -0.25) is 4.79 Å². The molecule has 0 saturated carbocycles. The topological polar surface area (TPSA) is 26.3 Å². The predicted octanol–water partition coefficient (Wildman–Crippen LogP) is 7.84. The number of unbranched alkanes of at least 4 members (excludes halogenated alkanes) is 14. The highest BCUT2D eigenvalue weighted by molar-refractivity contribution is 5.72. The van der Waals surface area contributed by atoms with Crippen molar-refractivity contribution < 1.29 is 9.53 Å². The van der Waals surface area contributed by atoms with E-state index in [1.54, 1.807) is 0 Å². The molecule has 2 heteroatoms. The van der Waals surface area contributed by atoms with Gasteiger partial charge in [-0.25, -0.2) is 0 Å². The summed E-state index contributed by atoms with van der Waals surface area (Å²) in [6.45, 7) is 4.52. The highest BCUT2D eigenvalue weighted by Crippen LogP contribution is 2.20. The van der Waals surface area contributed by atoms with Crippen LogP contribution in [-0.4, -0.2) is 13.1 Å². The number of hydrogen-bond donors (Lipinski definition) is 0. The van der Waals surface area contributed by atoms with Gasteiger partial charge >= 0.3 is 5.97 Å². The first-order chi connectivity index (χ1) is 12.3. The van der Waals surface area contributed by atoms with Gasteiger partial charge in [-0.05, 0) is 12.8 Å². The van der Waals surface area contributed by atoms with E-state index >= 15 is 0 Å². The zero-order valence-corrected chi connectivity index (χ0v) is 17.6. The van der Waals surface area contributed by atoms with Crippen molar-refractivity contribution in [3.8, 4) is 0 Å². The zero-order chi connectivity index (χ0) is 18.6. The van der Waals surface area contributed by atoms with Crippen LogP contribution >= 0.6 is 0 Å². The van der Waals surface area contributed by atoms with E-state index in [0.29, 0.717) is 0 Å². The smallest absolute Gasteiger partial charge is 0.308 e. The van der Waals surface area contributed by atoms with Crippen LogP contribution in [0.3, 0.4) is 0 Å². The lowest BCUT2D eigenvalue weighted by atomic mass is 9.94. The summed E-state index contributed by atoms with van der Waals surface area (Å²) in [6, 6.07) is 0. The summed E-state index contributed by atoms with van der Waals surface area (Å²) in [6.07, 6.45) is 23.3. The Kier molecular flexibility index (Phi) is 19.4. The average Bonchev–Trinajstić information content (AvgIpc) is 2.63. The molecule has 0 heterocycles. The summed E-state index contributed by atoms with van der Waals surface area (Å²) >= 11 is 0. The van der Waals surface area contributed by atoms with Gasteiger partial charge in [-0.2, -0.15) is 0 Å². The van der Waals surface area contributed by atoms with Crippen LogP contribution in [0.15, 0.2) is 0 Å². The molecule has 0 spiro atoms. The Hall–Kier alpha value is -0.530. The van der Waals surface area contributed by atoms with E-state index in [9.17, 15) is 4.79 Å². The van der Waals surface area contributed by atoms with Crippen LogP contribution in [0, 0.1) is 5.92 Å². The summed E-state index contributed by atoms with van der Waals surface area (Å²) in [5, 5.41) is 0. The number of rotatable bonds is 19. The SMILES string of the molecule is CCCCCCCCCCCCC(CCCCCCCC)C(=O)OC. The standard InChI is InChI=1S/C23H46O2/c1-4-6-8-10-12-13-14-15-17-19-21-22(23(24)25-3)20-18-16-11-9-7-5-2/h22H,4-21H2,1-3H3. The lowest BCUT2D eigenvalue weighted by Crippen LogP contribution is -2.16. The summed E-state index contributed by atoms with van der Waals surface area (Å²) in [5.74, 6) is 0.162. The number of carbonyl (C=O) groups is 1. The normalized spacial score (nSPS) is 12.3. The second-order valence-electron chi connectivity index (χ2n) is 7.75. The third kappa shape index (κ3) is 16.7. The van der Waals surface area contributed by atoms with Crippen LogP contribution in [-0.2, 0) is 9.53 Å². The molecule has 0 radical (unpaired) electrons. The molecule has 0 N–H and O–H groups in total. The fourth-order valence-corrected chi connectivity index (χ4v) is 3.60. The van der Waals surface area contributed by atoms with Gasteiger partial charge in [0.1, 0.15) is 0 Å². The highest BCUT2D eigenvalue weighted by atomic mass is 16.5. The van der Waals surface area contributed by atoms with Gasteiger partial charge in [0.25, 0.3) is 0 Å². The summed E-state index contributed by atoms with van der Waals surface area (Å²) in [4.78, 5) is 11.9. The van der Waals surface area contributed by atoms with Gasteiger partial charge in [0.15, 0.2) is 0 Å². The van der Waals surface area contributed by atoms with E-state index in [2.05, 4.69) is 13.8 Å². The molecule has 1 atom stereocenters. The molecule has 0 aromatic heterocycles. The molecule has 2 nitrogen and oxygen atoms in total. The van der Waals surface area contributed by atoms with Gasteiger partial charge in [0, 0.05) is 0 Å². The van der Waals surface area contributed by atoms with E-state index < -0.39 is 0 Å². The second kappa shape index (κ2) is 19.8. The number of methoxy groups -OCH3 is 1. The molecule has 0 saturated heterocycles. The summed E-state index contributed by atoms with van der Waals surface area (Å²) < 4.78 is 5.01. The van der Waals surface area contributed by atoms with Crippen LogP contribution in [0.1, 0.15) is 129 Å². The molecule has 0 aromatic rings. The van der Waals surface area contributed by atoms with Crippen LogP contribution in [0.25, 0.3) is 0 Å². The van der Waals surface area contributed by atoms with Crippen molar-refractivity contribution in [2.75, 3.05) is 7.11 Å². The lowest BCUT2D eigenvalue weighted by molar-refractivity contribution is -0.146. The molecule has 25 heavy (non-hydrogen) atoms. The van der Waals surface area contributed by atoms with E-state index in [1.165, 1.54) is 110 Å². The van der Waals surface area contributed by atoms with E-state index in [4.69, 9.17) is 4.74 Å². The highest BCUT2D eigenvalue weighted by Gasteiger charge is 2.17. The number of esters is 1. The maximum atomic E-state index is 11.9. The first-order valence-corrected chi connectivity index (χ1v) is 11.3. The molecule has 0 bridgehead atoms. The molecular formula is C23H46O2. The largest absolute Gasteiger partial charge is 0.469 e. The zero-order valence-electron chi connectivity index (χ0n) is 17.6. The van der Waals surface area contributed by atoms with Crippen molar-refractivity contribution in [1.82, 2.24) is 0 Å². The number of hydrogen-bond acceptors (Lipinski definition) is 2. The maximum absolute atomic E-state index is 11.9. The first-order valence-electron chi connectivity index (χ1n) is 11.3. The van der Waals surface area contributed by atoms with Crippen LogP contribution < -0.4 is 0 Å². The molecule has 0 rings (SSSR count). The molecule has 0 fully saturated rings. The third-order valence-corrected chi connectivity index (χ3v) is 5.35. The molecule has 0 aliphatic carbocycles. The van der Waals surface area contributed by atoms with Crippen molar-refractivity contribution >= 4 is 5.97 Å². The van der Waals surface area contributed by atoms with Crippen molar-refractivity contribution in [2.45, 2.75) is 129 Å². The van der Waals surface area contributed by atoms with Crippen molar-refractivity contribution in [1.29, 1.82) is 0 Å². The Labute approximate surface area is 158 Å². The number of ether oxygens (including phenoxy) is 1. The molecule has 1 unspecified atom stereocenters. The van der Waals surface area contributed by atoms with Gasteiger partial charge < -0.3 is 4.74 Å². The van der Waals surface area contributed by atoms with Crippen LogP contribution in [0.4, 0.5) is 0 Å². The van der Waals surface area contributed by atoms with Gasteiger partial charge in [0.2, 0.25) is 0 Å². The minimum absolute atomic E-state index is 0.0180. The van der Waals surface area contributed by atoms with Crippen molar-refractivity contribution in [3.63, 3.8) is 0 Å². The third-order valence-electron chi connectivity index (χ3n) is 5.35. The van der Waals surface area contributed by atoms with Gasteiger partial charge in [0.05, 0.1) is 13.0 Å². The molecule has 0 aromatic carbocycles. The molecule has 0 aliphatic heterocycles. The van der Waals surface area contributed by atoms with Crippen LogP contribution in [0.2, 0.25) is 0 Å². The predicted molar refractivity (Wildman–Crippen MR) is 110 cm³/mol. The van der Waals surface area contributed by atoms with Crippen LogP contribution in [0.5, 0.6) is 0 Å². The Balaban J connectivity index is 3.60. The summed E-state index contributed by atoms with van der Waals surface area (Å²) in [7, 11) is 1.54. The van der Waals surface area contributed by atoms with Gasteiger partial charge in [-0.15, -0.1) is 0 Å². The Morgan fingerprint density at radius 2 is 0.920 bits per heavy atom. The minimum atomic E-state index is 0.0180. The minimum Gasteiger partial charge on any atom is -0.469 e. The average molecular weight is 355 g/mol. The monoisotopic (exact) mass is 354 g/mol. The first kappa shape index (κ1) is 24.5. The van der Waals surface area contributed by atoms with Crippen molar-refractivity contribution in [3.05, 3.63) is 0 Å². The number of carbonyl (C=O) groups excluding carboxylic acids is 1. The molecule has 0 aliphatic rings. The van der Waals surface area contributed by atoms with Gasteiger partial charge in [-0.1, -0.05) is 117 Å². The fourth-order valence-electron chi connectivity index (χ4n) is 3.60. The van der Waals surface area contributed by atoms with E-state index in [0.717, 1.165) is 12.8 Å². The molecule has 150 valence electrons. The Morgan fingerprint density at radius 1 is 0.600 bits per heavy atom. The quantitative estimate of drug-likeness (QED) is 0.174. The maximum Gasteiger partial charge on any atom is 0.308 e. The Bertz CT molecular complexity index is 275. The summed E-state index contributed by atoms with van der Waals surface area (Å²) in [5.41, 5.74) is 0. The van der Waals surface area contributed by atoms with E-state index in [1.807, 2.05) is 0 Å². The van der Waals surface area contributed by atoms with E-state index in [-0.39, 0.29) is 11.9 Å². The lowest BCUT2D eigenvalue weighted by Gasteiger charge is -2.14. The molecule has 0 amide bonds. The molecular weight excluding hydrogens is 308 g/mol. The van der Waals surface area contributed by atoms with Crippen molar-refractivity contribution in [2.24, 2.45) is 5.92 Å². The Morgan fingerprint density at radius 3 is 1.24 bits per heavy atom.